The molecule has 1 aliphatic rings. The molecule has 1 amide bonds. The third kappa shape index (κ3) is 3.82. The van der Waals surface area contributed by atoms with Gasteiger partial charge in [-0.3, -0.25) is 4.79 Å². The summed E-state index contributed by atoms with van der Waals surface area (Å²) in [6.45, 7) is 3.86. The largest absolute Gasteiger partial charge is 0.497 e. The van der Waals surface area contributed by atoms with Gasteiger partial charge in [-0.2, -0.15) is 0 Å². The summed E-state index contributed by atoms with van der Waals surface area (Å²) in [5, 5.41) is 0. The van der Waals surface area contributed by atoms with E-state index in [2.05, 4.69) is 11.9 Å². The van der Waals surface area contributed by atoms with Crippen LogP contribution in [0.25, 0.3) is 11.1 Å². The van der Waals surface area contributed by atoms with Crippen molar-refractivity contribution in [3.63, 3.8) is 0 Å². The minimum Gasteiger partial charge on any atom is -0.497 e. The van der Waals surface area contributed by atoms with Crippen molar-refractivity contribution in [2.75, 3.05) is 20.2 Å². The van der Waals surface area contributed by atoms with E-state index in [0.29, 0.717) is 29.4 Å². The highest BCUT2D eigenvalue weighted by atomic mass is 16.5. The van der Waals surface area contributed by atoms with Gasteiger partial charge >= 0.3 is 0 Å². The first-order chi connectivity index (χ1) is 13.1. The van der Waals surface area contributed by atoms with Gasteiger partial charge in [0.15, 0.2) is 11.5 Å². The summed E-state index contributed by atoms with van der Waals surface area (Å²) in [6, 6.07) is 13.4. The summed E-state index contributed by atoms with van der Waals surface area (Å²) in [7, 11) is 1.65. The molecule has 0 N–H and O–H groups in total. The quantitative estimate of drug-likeness (QED) is 0.693. The van der Waals surface area contributed by atoms with Crippen LogP contribution in [0.5, 0.6) is 5.75 Å². The molecule has 1 aromatic heterocycles. The molecule has 1 aliphatic heterocycles. The molecule has 0 saturated carbocycles. The molecular formula is C22H24N2O3. The molecule has 0 radical (unpaired) electrons. The Bertz CT molecular complexity index is 946. The van der Waals surface area contributed by atoms with E-state index in [1.54, 1.807) is 7.11 Å². The van der Waals surface area contributed by atoms with Crippen molar-refractivity contribution in [2.45, 2.75) is 26.2 Å². The third-order valence-electron chi connectivity index (χ3n) is 5.14. The third-order valence-corrected chi connectivity index (χ3v) is 5.14. The number of likely N-dealkylation sites (tertiary alicyclic amines) is 1. The lowest BCUT2D eigenvalue weighted by atomic mass is 9.99. The van der Waals surface area contributed by atoms with E-state index >= 15 is 0 Å². The standard InChI is InChI=1S/C22H24N2O3/c1-15-4-3-11-24(14-15)22(25)17-7-10-19-20(13-17)27-21(23-19)12-16-5-8-18(26-2)9-6-16/h5-10,13,15H,3-4,11-12,14H2,1-2H3/t15-/m0/s1. The Morgan fingerprint density at radius 1 is 1.26 bits per heavy atom. The Kier molecular flexibility index (Phi) is 4.84. The van der Waals surface area contributed by atoms with Crippen LogP contribution in [0.1, 0.15) is 41.6 Å². The fourth-order valence-electron chi connectivity index (χ4n) is 3.66. The highest BCUT2D eigenvalue weighted by Crippen LogP contribution is 2.23. The Hall–Kier alpha value is -2.82. The number of amides is 1. The van der Waals surface area contributed by atoms with Gasteiger partial charge in [0, 0.05) is 25.1 Å². The lowest BCUT2D eigenvalue weighted by Gasteiger charge is -2.30. The number of oxazole rings is 1. The number of hydrogen-bond acceptors (Lipinski definition) is 4. The van der Waals surface area contributed by atoms with Crippen molar-refractivity contribution >= 4 is 17.0 Å². The number of ether oxygens (including phenoxy) is 1. The van der Waals surface area contributed by atoms with Gasteiger partial charge in [-0.1, -0.05) is 19.1 Å². The number of benzene rings is 2. The number of carbonyl (C=O) groups is 1. The molecule has 1 saturated heterocycles. The van der Waals surface area contributed by atoms with Gasteiger partial charge in [-0.15, -0.1) is 0 Å². The minimum absolute atomic E-state index is 0.0801. The van der Waals surface area contributed by atoms with Gasteiger partial charge in [0.1, 0.15) is 11.3 Å². The smallest absolute Gasteiger partial charge is 0.254 e. The van der Waals surface area contributed by atoms with Crippen LogP contribution in [0.4, 0.5) is 0 Å². The molecule has 27 heavy (non-hydrogen) atoms. The summed E-state index contributed by atoms with van der Waals surface area (Å²) in [6.07, 6.45) is 2.87. The second kappa shape index (κ2) is 7.43. The molecule has 140 valence electrons. The summed E-state index contributed by atoms with van der Waals surface area (Å²) < 4.78 is 11.1. The summed E-state index contributed by atoms with van der Waals surface area (Å²) in [5.74, 6) is 2.11. The summed E-state index contributed by atoms with van der Waals surface area (Å²) in [5.41, 5.74) is 3.21. The molecule has 5 nitrogen and oxygen atoms in total. The number of hydrogen-bond donors (Lipinski definition) is 0. The zero-order chi connectivity index (χ0) is 18.8. The number of rotatable bonds is 4. The number of nitrogens with zero attached hydrogens (tertiary/aromatic N) is 2. The molecule has 0 spiro atoms. The van der Waals surface area contributed by atoms with Crippen molar-refractivity contribution in [1.82, 2.24) is 9.88 Å². The van der Waals surface area contributed by atoms with Crippen molar-refractivity contribution in [1.29, 1.82) is 0 Å². The van der Waals surface area contributed by atoms with Crippen molar-refractivity contribution < 1.29 is 13.9 Å². The van der Waals surface area contributed by atoms with Crippen molar-refractivity contribution in [3.8, 4) is 5.75 Å². The van der Waals surface area contributed by atoms with E-state index in [0.717, 1.165) is 36.3 Å². The predicted octanol–water partition coefficient (Wildman–Crippen LogP) is 4.30. The number of carbonyl (C=O) groups excluding carboxylic acids is 1. The molecule has 2 aromatic carbocycles. The maximum atomic E-state index is 12.8. The van der Waals surface area contributed by atoms with Gasteiger partial charge in [-0.25, -0.2) is 4.98 Å². The SMILES string of the molecule is COc1ccc(Cc2nc3ccc(C(=O)N4CCC[C@H](C)C4)cc3o2)cc1. The monoisotopic (exact) mass is 364 g/mol. The maximum Gasteiger partial charge on any atom is 0.254 e. The van der Waals surface area contributed by atoms with Crippen LogP contribution < -0.4 is 4.74 Å². The highest BCUT2D eigenvalue weighted by molar-refractivity contribution is 5.97. The molecule has 1 fully saturated rings. The normalized spacial score (nSPS) is 17.3. The minimum atomic E-state index is 0.0801. The van der Waals surface area contributed by atoms with Crippen molar-refractivity contribution in [3.05, 3.63) is 59.5 Å². The number of piperidine rings is 1. The first-order valence-corrected chi connectivity index (χ1v) is 9.44. The van der Waals surface area contributed by atoms with E-state index in [1.807, 2.05) is 47.4 Å². The molecule has 4 rings (SSSR count). The lowest BCUT2D eigenvalue weighted by Crippen LogP contribution is -2.39. The van der Waals surface area contributed by atoms with Crippen LogP contribution in [0, 0.1) is 5.92 Å². The fraction of sp³-hybridized carbons (Fsp3) is 0.364. The van der Waals surface area contributed by atoms with Gasteiger partial charge in [0.05, 0.1) is 7.11 Å². The average Bonchev–Trinajstić information content (AvgIpc) is 3.09. The van der Waals surface area contributed by atoms with E-state index in [1.165, 1.54) is 6.42 Å². The Balaban J connectivity index is 1.53. The Morgan fingerprint density at radius 2 is 2.07 bits per heavy atom. The molecular weight excluding hydrogens is 340 g/mol. The van der Waals surface area contributed by atoms with E-state index in [9.17, 15) is 4.79 Å². The molecule has 3 aromatic rings. The second-order valence-corrected chi connectivity index (χ2v) is 7.31. The van der Waals surface area contributed by atoms with Gasteiger partial charge in [0.2, 0.25) is 0 Å². The summed E-state index contributed by atoms with van der Waals surface area (Å²) >= 11 is 0. The Labute approximate surface area is 158 Å². The van der Waals surface area contributed by atoms with Gasteiger partial charge in [0.25, 0.3) is 5.91 Å². The molecule has 1 atom stereocenters. The molecule has 0 bridgehead atoms. The Morgan fingerprint density at radius 3 is 2.81 bits per heavy atom. The molecule has 5 heteroatoms. The molecule has 2 heterocycles. The summed E-state index contributed by atoms with van der Waals surface area (Å²) in [4.78, 5) is 19.3. The van der Waals surface area contributed by atoms with E-state index < -0.39 is 0 Å². The second-order valence-electron chi connectivity index (χ2n) is 7.31. The number of methoxy groups -OCH3 is 1. The number of fused-ring (bicyclic) bond motifs is 1. The number of aromatic nitrogens is 1. The lowest BCUT2D eigenvalue weighted by molar-refractivity contribution is 0.0683. The van der Waals surface area contributed by atoms with Crippen LogP contribution >= 0.6 is 0 Å². The highest BCUT2D eigenvalue weighted by Gasteiger charge is 2.22. The molecule has 0 aliphatic carbocycles. The van der Waals surface area contributed by atoms with Crippen LogP contribution in [-0.2, 0) is 6.42 Å². The first-order valence-electron chi connectivity index (χ1n) is 9.44. The average molecular weight is 364 g/mol. The van der Waals surface area contributed by atoms with E-state index in [4.69, 9.17) is 9.15 Å². The van der Waals surface area contributed by atoms with Crippen LogP contribution in [0.2, 0.25) is 0 Å². The van der Waals surface area contributed by atoms with Gasteiger partial charge < -0.3 is 14.1 Å². The topological polar surface area (TPSA) is 55.6 Å². The van der Waals surface area contributed by atoms with Crippen LogP contribution in [-0.4, -0.2) is 36.0 Å². The zero-order valence-electron chi connectivity index (χ0n) is 15.8. The first kappa shape index (κ1) is 17.6. The molecule has 0 unspecified atom stereocenters. The van der Waals surface area contributed by atoms with Crippen molar-refractivity contribution in [2.24, 2.45) is 5.92 Å². The zero-order valence-corrected chi connectivity index (χ0v) is 15.8. The van der Waals surface area contributed by atoms with Crippen LogP contribution in [0.3, 0.4) is 0 Å². The maximum absolute atomic E-state index is 12.8. The van der Waals surface area contributed by atoms with Gasteiger partial charge in [-0.05, 0) is 54.7 Å². The van der Waals surface area contributed by atoms with Crippen LogP contribution in [0.15, 0.2) is 46.9 Å². The fourth-order valence-corrected chi connectivity index (χ4v) is 3.66. The van der Waals surface area contributed by atoms with E-state index in [-0.39, 0.29) is 5.91 Å². The predicted molar refractivity (Wildman–Crippen MR) is 104 cm³/mol.